The number of rotatable bonds is 2. The van der Waals surface area contributed by atoms with Gasteiger partial charge in [0, 0.05) is 19.7 Å². The molecule has 4 aliphatic rings. The van der Waals surface area contributed by atoms with Gasteiger partial charge in [-0.25, -0.2) is 13.2 Å². The van der Waals surface area contributed by atoms with Gasteiger partial charge in [-0.15, -0.1) is 0 Å². The van der Waals surface area contributed by atoms with Crippen molar-refractivity contribution in [2.24, 2.45) is 5.92 Å². The predicted molar refractivity (Wildman–Crippen MR) is 94.2 cm³/mol. The molecule has 7 nitrogen and oxygen atoms in total. The largest absolute Gasteiger partial charge is 0.376 e. The van der Waals surface area contributed by atoms with E-state index in [1.54, 1.807) is 4.90 Å². The molecule has 2 unspecified atom stereocenters. The summed E-state index contributed by atoms with van der Waals surface area (Å²) in [5.41, 5.74) is 0. The van der Waals surface area contributed by atoms with E-state index in [0.29, 0.717) is 38.5 Å². The standard InChI is InChI=1S/C17H29N3O4S/c21-17(20-9-5-13-1-2-14(11-20)25(13,22)23)19-15-6-10-24-16(15)12-3-7-18-8-4-12/h12-16,18H,1-11H2,(H,19,21)/t13?,14?,15-,16+/m1/s1. The summed E-state index contributed by atoms with van der Waals surface area (Å²) in [6.45, 7) is 3.60. The van der Waals surface area contributed by atoms with Crippen molar-refractivity contribution in [2.75, 3.05) is 32.8 Å². The van der Waals surface area contributed by atoms with Crippen LogP contribution in [0.2, 0.25) is 0 Å². The molecule has 0 aromatic heterocycles. The number of sulfone groups is 1. The smallest absolute Gasteiger partial charge is 0.317 e. The van der Waals surface area contributed by atoms with E-state index < -0.39 is 9.84 Å². The lowest BCUT2D eigenvalue weighted by Crippen LogP contribution is -2.51. The van der Waals surface area contributed by atoms with E-state index in [2.05, 4.69) is 10.6 Å². The Morgan fingerprint density at radius 1 is 1.04 bits per heavy atom. The monoisotopic (exact) mass is 371 g/mol. The van der Waals surface area contributed by atoms with Crippen LogP contribution in [0.5, 0.6) is 0 Å². The van der Waals surface area contributed by atoms with Crippen LogP contribution in [-0.4, -0.2) is 74.8 Å². The van der Waals surface area contributed by atoms with Crippen molar-refractivity contribution in [2.45, 2.75) is 61.2 Å². The Labute approximate surface area is 149 Å². The van der Waals surface area contributed by atoms with E-state index >= 15 is 0 Å². The number of carbonyl (C=O) groups is 1. The van der Waals surface area contributed by atoms with Crippen LogP contribution in [0.3, 0.4) is 0 Å². The SMILES string of the molecule is O=C(N[C@@H]1CCO[C@H]1C1CCNCC1)N1CCC2CCC(C1)S2(=O)=O. The normalized spacial score (nSPS) is 38.5. The molecular weight excluding hydrogens is 342 g/mol. The third kappa shape index (κ3) is 3.40. The molecular formula is C17H29N3O4S. The van der Waals surface area contributed by atoms with Gasteiger partial charge in [0.2, 0.25) is 0 Å². The third-order valence-electron chi connectivity index (χ3n) is 6.47. The Bertz CT molecular complexity index is 605. The van der Waals surface area contributed by atoms with Crippen LogP contribution in [0.4, 0.5) is 4.79 Å². The number of hydrogen-bond acceptors (Lipinski definition) is 5. The van der Waals surface area contributed by atoms with Crippen molar-refractivity contribution < 1.29 is 17.9 Å². The number of urea groups is 1. The van der Waals surface area contributed by atoms with Crippen LogP contribution in [0.15, 0.2) is 0 Å². The first-order valence-electron chi connectivity index (χ1n) is 9.66. The van der Waals surface area contributed by atoms with Crippen LogP contribution < -0.4 is 10.6 Å². The minimum absolute atomic E-state index is 0.0487. The molecule has 2 bridgehead atoms. The maximum Gasteiger partial charge on any atom is 0.317 e. The molecule has 4 aliphatic heterocycles. The molecule has 0 aromatic carbocycles. The minimum Gasteiger partial charge on any atom is -0.376 e. The number of nitrogens with one attached hydrogen (secondary N) is 2. The lowest BCUT2D eigenvalue weighted by atomic mass is 9.88. The van der Waals surface area contributed by atoms with Crippen LogP contribution >= 0.6 is 0 Å². The number of ether oxygens (including phenoxy) is 1. The fraction of sp³-hybridized carbons (Fsp3) is 0.941. The maximum atomic E-state index is 12.8. The number of carbonyl (C=O) groups excluding carboxylic acids is 1. The van der Waals surface area contributed by atoms with Gasteiger partial charge >= 0.3 is 6.03 Å². The lowest BCUT2D eigenvalue weighted by molar-refractivity contribution is 0.0386. The summed E-state index contributed by atoms with van der Waals surface area (Å²) in [6, 6.07) is -0.0650. The first-order chi connectivity index (χ1) is 12.1. The highest BCUT2D eigenvalue weighted by Crippen LogP contribution is 2.33. The van der Waals surface area contributed by atoms with E-state index in [-0.39, 0.29) is 28.7 Å². The zero-order valence-electron chi connectivity index (χ0n) is 14.7. The van der Waals surface area contributed by atoms with E-state index in [0.717, 1.165) is 38.8 Å². The van der Waals surface area contributed by atoms with Crippen molar-refractivity contribution in [3.63, 3.8) is 0 Å². The van der Waals surface area contributed by atoms with Crippen molar-refractivity contribution >= 4 is 15.9 Å². The van der Waals surface area contributed by atoms with Crippen LogP contribution in [0.1, 0.15) is 38.5 Å². The Morgan fingerprint density at radius 2 is 1.80 bits per heavy atom. The fourth-order valence-corrected chi connectivity index (χ4v) is 7.25. The van der Waals surface area contributed by atoms with Gasteiger partial charge in [-0.2, -0.15) is 0 Å². The second kappa shape index (κ2) is 7.04. The summed E-state index contributed by atoms with van der Waals surface area (Å²) >= 11 is 0. The van der Waals surface area contributed by atoms with Gasteiger partial charge in [-0.3, -0.25) is 0 Å². The van der Waals surface area contributed by atoms with Crippen molar-refractivity contribution in [3.05, 3.63) is 0 Å². The summed E-state index contributed by atoms with van der Waals surface area (Å²) < 4.78 is 30.7. The first-order valence-corrected chi connectivity index (χ1v) is 11.3. The van der Waals surface area contributed by atoms with Crippen LogP contribution in [0.25, 0.3) is 0 Å². The maximum absolute atomic E-state index is 12.8. The molecule has 2 amide bonds. The number of piperidine rings is 1. The Kier molecular flexibility index (Phi) is 4.94. The first kappa shape index (κ1) is 17.5. The summed E-state index contributed by atoms with van der Waals surface area (Å²) in [4.78, 5) is 14.5. The second-order valence-corrected chi connectivity index (χ2v) is 10.4. The third-order valence-corrected chi connectivity index (χ3v) is 9.18. The molecule has 0 saturated carbocycles. The lowest BCUT2D eigenvalue weighted by Gasteiger charge is -2.33. The number of amides is 2. The van der Waals surface area contributed by atoms with E-state index in [4.69, 9.17) is 4.74 Å². The molecule has 0 spiro atoms. The molecule has 4 rings (SSSR count). The molecule has 0 radical (unpaired) electrons. The zero-order valence-corrected chi connectivity index (χ0v) is 15.5. The summed E-state index contributed by atoms with van der Waals surface area (Å²) in [7, 11) is -3.04. The van der Waals surface area contributed by atoms with Gasteiger partial charge in [-0.1, -0.05) is 0 Å². The van der Waals surface area contributed by atoms with Gasteiger partial charge in [0.05, 0.1) is 22.6 Å². The highest BCUT2D eigenvalue weighted by Gasteiger charge is 2.45. The Morgan fingerprint density at radius 3 is 2.60 bits per heavy atom. The summed E-state index contributed by atoms with van der Waals surface area (Å²) in [5, 5.41) is 5.91. The van der Waals surface area contributed by atoms with Gasteiger partial charge in [0.1, 0.15) is 0 Å². The van der Waals surface area contributed by atoms with E-state index in [1.807, 2.05) is 0 Å². The van der Waals surface area contributed by atoms with Crippen molar-refractivity contribution in [3.8, 4) is 0 Å². The predicted octanol–water partition coefficient (Wildman–Crippen LogP) is 0.505. The topological polar surface area (TPSA) is 87.7 Å². The molecule has 25 heavy (non-hydrogen) atoms. The van der Waals surface area contributed by atoms with Gasteiger partial charge in [-0.05, 0) is 57.5 Å². The average molecular weight is 372 g/mol. The van der Waals surface area contributed by atoms with Crippen molar-refractivity contribution in [1.82, 2.24) is 15.5 Å². The molecule has 4 fully saturated rings. The average Bonchev–Trinajstić information content (AvgIpc) is 3.10. The molecule has 0 aliphatic carbocycles. The number of nitrogens with zero attached hydrogens (tertiary/aromatic N) is 1. The van der Waals surface area contributed by atoms with E-state index in [1.165, 1.54) is 0 Å². The highest BCUT2D eigenvalue weighted by molar-refractivity contribution is 7.93. The summed E-state index contributed by atoms with van der Waals surface area (Å²) in [6.07, 6.45) is 5.14. The molecule has 2 N–H and O–H groups in total. The van der Waals surface area contributed by atoms with Crippen LogP contribution in [0, 0.1) is 5.92 Å². The number of likely N-dealkylation sites (tertiary alicyclic amines) is 1. The molecule has 142 valence electrons. The number of hydrogen-bond donors (Lipinski definition) is 2. The van der Waals surface area contributed by atoms with Crippen LogP contribution in [-0.2, 0) is 14.6 Å². The van der Waals surface area contributed by atoms with E-state index in [9.17, 15) is 13.2 Å². The molecule has 4 atom stereocenters. The minimum atomic E-state index is -3.04. The molecule has 0 aromatic rings. The molecule has 4 heterocycles. The zero-order chi connectivity index (χ0) is 17.4. The quantitative estimate of drug-likeness (QED) is 0.738. The van der Waals surface area contributed by atoms with Gasteiger partial charge < -0.3 is 20.3 Å². The Hall–Kier alpha value is -0.860. The number of fused-ring (bicyclic) bond motifs is 2. The Balaban J connectivity index is 1.38. The van der Waals surface area contributed by atoms with Crippen molar-refractivity contribution in [1.29, 1.82) is 0 Å². The van der Waals surface area contributed by atoms with Gasteiger partial charge in [0.15, 0.2) is 9.84 Å². The summed E-state index contributed by atoms with van der Waals surface area (Å²) in [5.74, 6) is 0.495. The highest BCUT2D eigenvalue weighted by atomic mass is 32.2. The molecule has 8 heteroatoms. The fourth-order valence-electron chi connectivity index (χ4n) is 4.95. The van der Waals surface area contributed by atoms with Gasteiger partial charge in [0.25, 0.3) is 0 Å². The molecule has 4 saturated heterocycles. The second-order valence-electron chi connectivity index (χ2n) is 7.91.